The molecule has 9 aromatic carbocycles. The van der Waals surface area contributed by atoms with Gasteiger partial charge < -0.3 is 13.6 Å². The summed E-state index contributed by atoms with van der Waals surface area (Å²) in [6.07, 6.45) is 0. The number of furan rings is 1. The van der Waals surface area contributed by atoms with E-state index in [1.54, 1.807) is 0 Å². The third-order valence-electron chi connectivity index (χ3n) is 11.3. The Morgan fingerprint density at radius 1 is 0.283 bits per heavy atom. The van der Waals surface area contributed by atoms with Crippen LogP contribution < -0.4 is 0 Å². The van der Waals surface area contributed by atoms with E-state index >= 15 is 0 Å². The van der Waals surface area contributed by atoms with E-state index in [2.05, 4.69) is 185 Å². The van der Waals surface area contributed by atoms with E-state index in [9.17, 15) is 0 Å². The molecule has 0 unspecified atom stereocenters. The number of fused-ring (bicyclic) bond motifs is 11. The second kappa shape index (κ2) is 10.7. The van der Waals surface area contributed by atoms with Crippen molar-refractivity contribution < 1.29 is 4.42 Å². The largest absolute Gasteiger partial charge is 0.456 e. The lowest BCUT2D eigenvalue weighted by atomic mass is 10.00. The quantitative estimate of drug-likeness (QED) is 0.183. The lowest BCUT2D eigenvalue weighted by Gasteiger charge is -2.11. The van der Waals surface area contributed by atoms with Crippen LogP contribution in [0.15, 0.2) is 186 Å². The van der Waals surface area contributed by atoms with Gasteiger partial charge >= 0.3 is 0 Å². The van der Waals surface area contributed by atoms with Crippen LogP contribution in [0, 0.1) is 0 Å². The molecule has 0 saturated carbocycles. The van der Waals surface area contributed by atoms with Crippen molar-refractivity contribution in [2.75, 3.05) is 0 Å². The minimum atomic E-state index is 0.900. The molecule has 53 heavy (non-hydrogen) atoms. The Bertz CT molecular complexity index is 3470. The summed E-state index contributed by atoms with van der Waals surface area (Å²) in [7, 11) is 0. The molecule has 0 bridgehead atoms. The van der Waals surface area contributed by atoms with Crippen molar-refractivity contribution in [3.63, 3.8) is 0 Å². The molecule has 3 heterocycles. The zero-order valence-corrected chi connectivity index (χ0v) is 28.6. The first-order chi connectivity index (χ1) is 26.2. The summed E-state index contributed by atoms with van der Waals surface area (Å²) in [5, 5.41) is 12.1. The second-order valence-corrected chi connectivity index (χ2v) is 14.2. The number of benzene rings is 9. The monoisotopic (exact) mass is 674 g/mol. The number of rotatable bonds is 3. The molecule has 0 fully saturated rings. The normalized spacial score (nSPS) is 12.2. The first-order valence-electron chi connectivity index (χ1n) is 18.2. The van der Waals surface area contributed by atoms with Gasteiger partial charge in [-0.3, -0.25) is 0 Å². The van der Waals surface area contributed by atoms with Crippen LogP contribution >= 0.6 is 0 Å². The Morgan fingerprint density at radius 3 is 1.47 bits per heavy atom. The summed E-state index contributed by atoms with van der Waals surface area (Å²) >= 11 is 0. The average Bonchev–Trinajstić information content (AvgIpc) is 3.86. The fourth-order valence-corrected chi connectivity index (χ4v) is 8.76. The van der Waals surface area contributed by atoms with Crippen molar-refractivity contribution >= 4 is 87.1 Å². The van der Waals surface area contributed by atoms with Gasteiger partial charge in [0.25, 0.3) is 0 Å². The minimum Gasteiger partial charge on any atom is -0.456 e. The summed E-state index contributed by atoms with van der Waals surface area (Å²) in [6, 6.07) is 66.2. The Balaban J connectivity index is 1.09. The zero-order valence-electron chi connectivity index (χ0n) is 28.6. The van der Waals surface area contributed by atoms with Crippen molar-refractivity contribution in [1.29, 1.82) is 0 Å². The van der Waals surface area contributed by atoms with E-state index in [-0.39, 0.29) is 0 Å². The molecule has 12 rings (SSSR count). The smallest absolute Gasteiger partial charge is 0.137 e. The Labute approximate surface area is 304 Å². The van der Waals surface area contributed by atoms with Crippen LogP contribution in [0.25, 0.3) is 110 Å². The Morgan fingerprint density at radius 2 is 0.792 bits per heavy atom. The number of nitrogens with zero attached hydrogens (tertiary/aromatic N) is 2. The van der Waals surface area contributed by atoms with E-state index in [0.29, 0.717) is 0 Å². The third-order valence-corrected chi connectivity index (χ3v) is 11.3. The topological polar surface area (TPSA) is 23.0 Å². The molecule has 0 radical (unpaired) electrons. The summed E-state index contributed by atoms with van der Waals surface area (Å²) in [6.45, 7) is 0. The number of hydrogen-bond acceptors (Lipinski definition) is 1. The second-order valence-electron chi connectivity index (χ2n) is 14.2. The van der Waals surface area contributed by atoms with Crippen LogP contribution in [0.1, 0.15) is 0 Å². The highest BCUT2D eigenvalue weighted by Gasteiger charge is 2.19. The van der Waals surface area contributed by atoms with Gasteiger partial charge in [0.1, 0.15) is 11.2 Å². The first-order valence-corrected chi connectivity index (χ1v) is 18.2. The van der Waals surface area contributed by atoms with Gasteiger partial charge in [-0.2, -0.15) is 0 Å². The lowest BCUT2D eigenvalue weighted by molar-refractivity contribution is 0.669. The van der Waals surface area contributed by atoms with E-state index in [4.69, 9.17) is 4.42 Å². The Hall–Kier alpha value is -7.10. The molecule has 0 amide bonds. The average molecular weight is 675 g/mol. The minimum absolute atomic E-state index is 0.900. The van der Waals surface area contributed by atoms with Crippen LogP contribution in [0.3, 0.4) is 0 Å². The van der Waals surface area contributed by atoms with Crippen LogP contribution in [0.2, 0.25) is 0 Å². The highest BCUT2D eigenvalue weighted by atomic mass is 16.3. The molecule has 3 nitrogen and oxygen atoms in total. The molecule has 3 aromatic heterocycles. The summed E-state index contributed by atoms with van der Waals surface area (Å²) in [5.41, 5.74) is 11.2. The summed E-state index contributed by atoms with van der Waals surface area (Å²) in [5.74, 6) is 0. The molecular weight excluding hydrogens is 645 g/mol. The maximum Gasteiger partial charge on any atom is 0.137 e. The van der Waals surface area contributed by atoms with Gasteiger partial charge in [0.2, 0.25) is 0 Å². The molecule has 0 saturated heterocycles. The lowest BCUT2D eigenvalue weighted by Crippen LogP contribution is -1.94. The summed E-state index contributed by atoms with van der Waals surface area (Å²) in [4.78, 5) is 0. The molecule has 0 atom stereocenters. The third kappa shape index (κ3) is 4.16. The van der Waals surface area contributed by atoms with Crippen LogP contribution in [-0.2, 0) is 0 Å². The van der Waals surface area contributed by atoms with Crippen LogP contribution in [0.5, 0.6) is 0 Å². The van der Waals surface area contributed by atoms with Crippen molar-refractivity contribution in [3.05, 3.63) is 182 Å². The van der Waals surface area contributed by atoms with Gasteiger partial charge in [-0.05, 0) is 99.4 Å². The van der Waals surface area contributed by atoms with Crippen molar-refractivity contribution in [2.24, 2.45) is 0 Å². The maximum atomic E-state index is 6.43. The van der Waals surface area contributed by atoms with E-state index in [0.717, 1.165) is 33.1 Å². The zero-order chi connectivity index (χ0) is 34.6. The molecule has 0 aliphatic heterocycles. The van der Waals surface area contributed by atoms with E-state index in [1.165, 1.54) is 76.5 Å². The standard InChI is InChI=1S/C50H30N2O/c1-3-11-33-25-37(21-17-31(33)9-1)51-45-15-7-5-13-39(45)41-27-35(19-23-46(41)51)36-20-24-47-42(28-36)43-29-44-40-14-6-8-16-49(40)53-50(44)30-48(43)52(47)38-22-18-32-10-2-4-12-34(32)26-38/h1-30H. The fraction of sp³-hybridized carbons (Fsp3) is 0. The van der Waals surface area contributed by atoms with Gasteiger partial charge in [-0.1, -0.05) is 109 Å². The maximum absolute atomic E-state index is 6.43. The number of para-hydroxylation sites is 2. The van der Waals surface area contributed by atoms with Crippen molar-refractivity contribution in [3.8, 4) is 22.5 Å². The predicted molar refractivity (Wildman–Crippen MR) is 223 cm³/mol. The van der Waals surface area contributed by atoms with Gasteiger partial charge in [0, 0.05) is 49.8 Å². The van der Waals surface area contributed by atoms with Crippen LogP contribution in [-0.4, -0.2) is 9.13 Å². The van der Waals surface area contributed by atoms with Gasteiger partial charge in [0.05, 0.1) is 22.1 Å². The molecule has 3 heteroatoms. The molecule has 0 spiro atoms. The van der Waals surface area contributed by atoms with E-state index in [1.807, 2.05) is 6.07 Å². The van der Waals surface area contributed by atoms with E-state index < -0.39 is 0 Å². The highest BCUT2D eigenvalue weighted by molar-refractivity contribution is 6.18. The number of aromatic nitrogens is 2. The molecule has 246 valence electrons. The molecule has 12 aromatic rings. The fourth-order valence-electron chi connectivity index (χ4n) is 8.76. The first kappa shape index (κ1) is 28.6. The summed E-state index contributed by atoms with van der Waals surface area (Å²) < 4.78 is 11.2. The van der Waals surface area contributed by atoms with Gasteiger partial charge in [-0.25, -0.2) is 0 Å². The Kier molecular flexibility index (Phi) is 5.77. The molecular formula is C50H30N2O. The van der Waals surface area contributed by atoms with Crippen molar-refractivity contribution in [1.82, 2.24) is 9.13 Å². The highest BCUT2D eigenvalue weighted by Crippen LogP contribution is 2.41. The SMILES string of the molecule is c1ccc2cc(-n3c4ccccc4c4cc(-c5ccc6c(c5)c5cc7c(cc5n6-c5ccc6ccccc6c5)oc5ccccc57)ccc43)ccc2c1. The van der Waals surface area contributed by atoms with Crippen LogP contribution in [0.4, 0.5) is 0 Å². The number of hydrogen-bond donors (Lipinski definition) is 0. The van der Waals surface area contributed by atoms with Gasteiger partial charge in [-0.15, -0.1) is 0 Å². The molecule has 0 aliphatic rings. The molecule has 0 N–H and O–H groups in total. The van der Waals surface area contributed by atoms with Crippen molar-refractivity contribution in [2.45, 2.75) is 0 Å². The molecule has 0 aliphatic carbocycles. The van der Waals surface area contributed by atoms with Gasteiger partial charge in [0.15, 0.2) is 0 Å². The predicted octanol–water partition coefficient (Wildman–Crippen LogP) is 13.8.